The first-order valence-corrected chi connectivity index (χ1v) is 12.1. The standard InChI is InChI=1S/C22H14Cl3FN4O4S/c23-14-5-11(10-27)6-15(9-14)33-21-17(25)4-1-12(20(21)26)8-19(28)34-22(29)13-2-3-16(24)18(7-13)35(30,31)32/h1-7,9,28-29H,8H2,(H2,30,31,32). The average Bonchev–Trinajstić information content (AvgIpc) is 2.77. The summed E-state index contributed by atoms with van der Waals surface area (Å²) in [5.41, 5.74) is 0.144. The summed E-state index contributed by atoms with van der Waals surface area (Å²) in [6, 6.07) is 12.2. The van der Waals surface area contributed by atoms with Crippen molar-refractivity contribution in [3.05, 3.63) is 86.1 Å². The molecule has 3 aromatic carbocycles. The highest BCUT2D eigenvalue weighted by molar-refractivity contribution is 7.89. The topological polar surface area (TPSA) is 150 Å². The Morgan fingerprint density at radius 3 is 2.40 bits per heavy atom. The van der Waals surface area contributed by atoms with Crippen LogP contribution in [0.25, 0.3) is 0 Å². The van der Waals surface area contributed by atoms with Crippen molar-refractivity contribution in [2.75, 3.05) is 0 Å². The van der Waals surface area contributed by atoms with Gasteiger partial charge in [0.15, 0.2) is 17.5 Å². The Morgan fingerprint density at radius 1 is 1.06 bits per heavy atom. The molecule has 3 rings (SSSR count). The van der Waals surface area contributed by atoms with Crippen molar-refractivity contribution >= 4 is 56.6 Å². The Kier molecular flexibility index (Phi) is 8.00. The molecule has 0 fully saturated rings. The lowest BCUT2D eigenvalue weighted by Crippen LogP contribution is -2.17. The lowest BCUT2D eigenvalue weighted by Gasteiger charge is -2.13. The summed E-state index contributed by atoms with van der Waals surface area (Å²) in [7, 11) is -4.15. The van der Waals surface area contributed by atoms with Gasteiger partial charge in [0.05, 0.1) is 28.1 Å². The molecular weight excluding hydrogens is 542 g/mol. The van der Waals surface area contributed by atoms with E-state index in [1.54, 1.807) is 0 Å². The second-order valence-corrected chi connectivity index (χ2v) is 9.74. The van der Waals surface area contributed by atoms with Crippen molar-refractivity contribution in [1.29, 1.82) is 16.1 Å². The maximum atomic E-state index is 15.1. The molecule has 0 radical (unpaired) electrons. The highest BCUT2D eigenvalue weighted by Crippen LogP contribution is 2.35. The fourth-order valence-corrected chi connectivity index (χ4v) is 4.34. The SMILES string of the molecule is N#Cc1cc(Cl)cc(Oc2c(Cl)ccc(CC(=N)OC(=N)c3ccc(Cl)c(S(N)(=O)=O)c3)c2F)c1. The van der Waals surface area contributed by atoms with Gasteiger partial charge in [-0.05, 0) is 42.5 Å². The normalized spacial score (nSPS) is 11.0. The first kappa shape index (κ1) is 26.4. The number of hydrogen-bond donors (Lipinski definition) is 3. The Balaban J connectivity index is 1.80. The van der Waals surface area contributed by atoms with E-state index in [9.17, 15) is 8.42 Å². The molecule has 0 aromatic heterocycles. The minimum atomic E-state index is -4.15. The molecule has 0 bridgehead atoms. The number of nitrogens with two attached hydrogens (primary N) is 1. The molecule has 4 N–H and O–H groups in total. The molecule has 0 aliphatic heterocycles. The second kappa shape index (κ2) is 10.6. The minimum Gasteiger partial charge on any atom is -0.453 e. The lowest BCUT2D eigenvalue weighted by molar-refractivity contribution is 0.438. The number of halogens is 4. The summed E-state index contributed by atoms with van der Waals surface area (Å²) in [5.74, 6) is -2.27. The minimum absolute atomic E-state index is 0.0157. The van der Waals surface area contributed by atoms with Crippen molar-refractivity contribution in [2.24, 2.45) is 5.14 Å². The van der Waals surface area contributed by atoms with Gasteiger partial charge in [0, 0.05) is 16.1 Å². The molecule has 0 saturated carbocycles. The number of sulfonamides is 1. The quantitative estimate of drug-likeness (QED) is 0.265. The van der Waals surface area contributed by atoms with E-state index in [1.165, 1.54) is 42.5 Å². The Morgan fingerprint density at radius 2 is 1.74 bits per heavy atom. The molecule has 180 valence electrons. The van der Waals surface area contributed by atoms with Gasteiger partial charge in [0.2, 0.25) is 15.9 Å². The largest absolute Gasteiger partial charge is 0.453 e. The van der Waals surface area contributed by atoms with E-state index in [0.717, 1.165) is 6.07 Å². The van der Waals surface area contributed by atoms with Crippen LogP contribution in [0, 0.1) is 28.0 Å². The highest BCUT2D eigenvalue weighted by Gasteiger charge is 2.19. The lowest BCUT2D eigenvalue weighted by atomic mass is 10.1. The van der Waals surface area contributed by atoms with Crippen LogP contribution in [0.1, 0.15) is 16.7 Å². The maximum Gasteiger partial charge on any atom is 0.239 e. The smallest absolute Gasteiger partial charge is 0.239 e. The zero-order chi connectivity index (χ0) is 25.9. The monoisotopic (exact) mass is 554 g/mol. The van der Waals surface area contributed by atoms with Crippen LogP contribution in [0.3, 0.4) is 0 Å². The van der Waals surface area contributed by atoms with Gasteiger partial charge in [-0.25, -0.2) is 17.9 Å². The molecule has 0 atom stereocenters. The molecule has 8 nitrogen and oxygen atoms in total. The van der Waals surface area contributed by atoms with Gasteiger partial charge in [-0.2, -0.15) is 5.26 Å². The van der Waals surface area contributed by atoms with E-state index in [4.69, 9.17) is 65.5 Å². The van der Waals surface area contributed by atoms with Gasteiger partial charge >= 0.3 is 0 Å². The van der Waals surface area contributed by atoms with Crippen LogP contribution in [0.5, 0.6) is 11.5 Å². The van der Waals surface area contributed by atoms with E-state index >= 15 is 4.39 Å². The molecule has 0 amide bonds. The predicted molar refractivity (Wildman–Crippen MR) is 130 cm³/mol. The van der Waals surface area contributed by atoms with Gasteiger partial charge in [-0.15, -0.1) is 0 Å². The molecule has 35 heavy (non-hydrogen) atoms. The van der Waals surface area contributed by atoms with Crippen LogP contribution in [0.15, 0.2) is 53.4 Å². The molecule has 0 heterocycles. The van der Waals surface area contributed by atoms with Crippen molar-refractivity contribution in [3.63, 3.8) is 0 Å². The van der Waals surface area contributed by atoms with E-state index < -0.39 is 39.0 Å². The molecule has 3 aromatic rings. The van der Waals surface area contributed by atoms with Crippen LogP contribution < -0.4 is 9.88 Å². The fraction of sp³-hybridized carbons (Fsp3) is 0.0455. The van der Waals surface area contributed by atoms with Crippen molar-refractivity contribution in [1.82, 2.24) is 0 Å². The highest BCUT2D eigenvalue weighted by atomic mass is 35.5. The number of nitrogens with one attached hydrogen (secondary N) is 2. The first-order valence-electron chi connectivity index (χ1n) is 9.41. The molecule has 0 aliphatic carbocycles. The number of primary sulfonamides is 1. The second-order valence-electron chi connectivity index (χ2n) is 6.96. The number of nitrogens with zero attached hydrogens (tertiary/aromatic N) is 1. The summed E-state index contributed by atoms with van der Waals surface area (Å²) in [6.45, 7) is 0. The third kappa shape index (κ3) is 6.48. The molecule has 0 unspecified atom stereocenters. The van der Waals surface area contributed by atoms with Crippen LogP contribution in [0.4, 0.5) is 4.39 Å². The molecule has 0 spiro atoms. The van der Waals surface area contributed by atoms with Gasteiger partial charge in [-0.3, -0.25) is 10.8 Å². The molecule has 13 heteroatoms. The zero-order valence-electron chi connectivity index (χ0n) is 17.4. The van der Waals surface area contributed by atoms with Crippen molar-refractivity contribution in [3.8, 4) is 17.6 Å². The third-order valence-corrected chi connectivity index (χ3v) is 6.33. The number of ether oxygens (including phenoxy) is 2. The van der Waals surface area contributed by atoms with Crippen molar-refractivity contribution < 1.29 is 22.3 Å². The Hall–Kier alpha value is -3.20. The van der Waals surface area contributed by atoms with Gasteiger partial charge < -0.3 is 9.47 Å². The summed E-state index contributed by atoms with van der Waals surface area (Å²) < 4.78 is 49.0. The molecule has 0 saturated heterocycles. The number of hydrogen-bond acceptors (Lipinski definition) is 7. The van der Waals surface area contributed by atoms with Gasteiger partial charge in [0.1, 0.15) is 10.6 Å². The Bertz CT molecular complexity index is 1510. The molecule has 0 aliphatic rings. The average molecular weight is 556 g/mol. The third-order valence-electron chi connectivity index (χ3n) is 4.43. The van der Waals surface area contributed by atoms with Gasteiger partial charge in [0.25, 0.3) is 0 Å². The number of benzene rings is 3. The summed E-state index contributed by atoms with van der Waals surface area (Å²) in [5, 5.41) is 30.2. The van der Waals surface area contributed by atoms with Crippen LogP contribution >= 0.6 is 34.8 Å². The van der Waals surface area contributed by atoms with E-state index in [2.05, 4.69) is 0 Å². The summed E-state index contributed by atoms with van der Waals surface area (Å²) in [4.78, 5) is -0.414. The van der Waals surface area contributed by atoms with Crippen molar-refractivity contribution in [2.45, 2.75) is 11.3 Å². The van der Waals surface area contributed by atoms with E-state index in [-0.39, 0.29) is 43.3 Å². The van der Waals surface area contributed by atoms with Crippen LogP contribution in [-0.4, -0.2) is 20.2 Å². The maximum absolute atomic E-state index is 15.1. The van der Waals surface area contributed by atoms with E-state index in [1.807, 2.05) is 6.07 Å². The van der Waals surface area contributed by atoms with E-state index in [0.29, 0.717) is 0 Å². The van der Waals surface area contributed by atoms with Crippen LogP contribution in [-0.2, 0) is 21.2 Å². The van der Waals surface area contributed by atoms with Crippen LogP contribution in [0.2, 0.25) is 15.1 Å². The number of rotatable bonds is 6. The fourth-order valence-electron chi connectivity index (χ4n) is 2.86. The Labute approximate surface area is 214 Å². The zero-order valence-corrected chi connectivity index (χ0v) is 20.5. The summed E-state index contributed by atoms with van der Waals surface area (Å²) in [6.07, 6.45) is -0.392. The number of nitriles is 1. The summed E-state index contributed by atoms with van der Waals surface area (Å²) >= 11 is 17.9. The predicted octanol–water partition coefficient (Wildman–Crippen LogP) is 5.66. The molecular formula is C22H14Cl3FN4O4S. The first-order chi connectivity index (χ1) is 16.4. The van der Waals surface area contributed by atoms with Gasteiger partial charge in [-0.1, -0.05) is 40.9 Å².